The van der Waals surface area contributed by atoms with E-state index in [1.807, 2.05) is 19.9 Å². The van der Waals surface area contributed by atoms with Crippen LogP contribution >= 0.6 is 0 Å². The largest absolute Gasteiger partial charge is 0.456 e. The molecule has 5 nitrogen and oxygen atoms in total. The summed E-state index contributed by atoms with van der Waals surface area (Å²) in [6.07, 6.45) is 12.6. The van der Waals surface area contributed by atoms with Gasteiger partial charge in [0.15, 0.2) is 5.78 Å². The topological polar surface area (TPSA) is 83.8 Å². The number of aliphatic hydroxyl groups is 2. The average molecular weight is 453 g/mol. The molecule has 178 valence electrons. The highest BCUT2D eigenvalue weighted by Crippen LogP contribution is 2.65. The lowest BCUT2D eigenvalue weighted by molar-refractivity contribution is -0.176. The Morgan fingerprint density at radius 2 is 1.97 bits per heavy atom. The fourth-order valence-electron chi connectivity index (χ4n) is 7.96. The molecule has 0 saturated heterocycles. The Kier molecular flexibility index (Phi) is 5.19. The zero-order chi connectivity index (χ0) is 23.8. The lowest BCUT2D eigenvalue weighted by Crippen LogP contribution is -2.56. The summed E-state index contributed by atoms with van der Waals surface area (Å²) in [7, 11) is 0. The summed E-state index contributed by atoms with van der Waals surface area (Å²) < 4.78 is 5.68. The van der Waals surface area contributed by atoms with Gasteiger partial charge in [-0.05, 0) is 76.2 Å². The van der Waals surface area contributed by atoms with Crippen LogP contribution in [0.25, 0.3) is 0 Å². The fourth-order valence-corrected chi connectivity index (χ4v) is 7.96. The maximum Gasteiger partial charge on any atom is 0.336 e. The van der Waals surface area contributed by atoms with Crippen molar-refractivity contribution in [3.8, 4) is 0 Å². The van der Waals surface area contributed by atoms with Crippen LogP contribution in [-0.2, 0) is 14.3 Å². The Bertz CT molecular complexity index is 1030. The molecule has 1 aliphatic heterocycles. The second kappa shape index (κ2) is 7.51. The third kappa shape index (κ3) is 3.04. The van der Waals surface area contributed by atoms with Crippen molar-refractivity contribution in [1.29, 1.82) is 0 Å². The number of aliphatic hydroxyl groups excluding tert-OH is 1. The molecule has 2 N–H and O–H groups in total. The van der Waals surface area contributed by atoms with Crippen LogP contribution < -0.4 is 0 Å². The van der Waals surface area contributed by atoms with Crippen LogP contribution in [0.15, 0.2) is 46.6 Å². The summed E-state index contributed by atoms with van der Waals surface area (Å²) >= 11 is 0. The number of cyclic esters (lactones) is 1. The molecular formula is C28H36O5. The van der Waals surface area contributed by atoms with Gasteiger partial charge in [-0.2, -0.15) is 0 Å². The first-order chi connectivity index (χ1) is 15.5. The van der Waals surface area contributed by atoms with Crippen LogP contribution in [0, 0.1) is 28.6 Å². The number of hydrogen-bond acceptors (Lipinski definition) is 5. The number of ether oxygens (including phenoxy) is 1. The molecule has 33 heavy (non-hydrogen) atoms. The van der Waals surface area contributed by atoms with Gasteiger partial charge in [-0.3, -0.25) is 4.79 Å². The highest BCUT2D eigenvalue weighted by atomic mass is 16.6. The Labute approximate surface area is 196 Å². The first-order valence-electron chi connectivity index (χ1n) is 12.4. The van der Waals surface area contributed by atoms with E-state index in [2.05, 4.69) is 26.0 Å². The number of hydrogen-bond donors (Lipinski definition) is 2. The summed E-state index contributed by atoms with van der Waals surface area (Å²) in [6, 6.07) is 0. The molecule has 0 aromatic rings. The molecule has 0 amide bonds. The number of carbonyl (C=O) groups excluding carboxylic acids is 2. The molecule has 7 atom stereocenters. The fraction of sp³-hybridized carbons (Fsp3) is 0.643. The molecule has 0 bridgehead atoms. The standard InChI is InChI=1S/C28H36O5/c1-16-14-24(33-25(31)19(16)15-29)28(4,32)22-11-10-20-18-9-8-17-6-5-7-23(30)27(17,3)21(18)12-13-26(20,22)2/h5,7-8,10,18,21-22,24,29,32H,6,9,11-15H2,1-4H3/t18-,21-,22-,24+,26-,27-,28+/m0/s1. The average Bonchev–Trinajstić information content (AvgIpc) is 3.12. The SMILES string of the molecule is CC1=C(CO)C(=O)O[C@@H]([C@](C)(O)[C@H]2CC=C3[C@@H]4CC=C5CC=CC(=O)[C@]5(C)[C@H]4CC[C@@]32C)C1. The van der Waals surface area contributed by atoms with E-state index in [1.54, 1.807) is 6.08 Å². The van der Waals surface area contributed by atoms with Crippen molar-refractivity contribution in [3.63, 3.8) is 0 Å². The maximum absolute atomic E-state index is 13.1. The van der Waals surface area contributed by atoms with Gasteiger partial charge in [0, 0.05) is 12.3 Å². The number of esters is 1. The van der Waals surface area contributed by atoms with Crippen molar-refractivity contribution in [2.45, 2.75) is 77.9 Å². The zero-order valence-corrected chi connectivity index (χ0v) is 20.2. The summed E-state index contributed by atoms with van der Waals surface area (Å²) in [6.45, 7) is 7.72. The van der Waals surface area contributed by atoms with Gasteiger partial charge in [0.25, 0.3) is 0 Å². The Morgan fingerprint density at radius 1 is 1.21 bits per heavy atom. The molecular weight excluding hydrogens is 416 g/mol. The van der Waals surface area contributed by atoms with E-state index in [4.69, 9.17) is 4.74 Å². The van der Waals surface area contributed by atoms with Gasteiger partial charge in [0.1, 0.15) is 11.7 Å². The van der Waals surface area contributed by atoms with Crippen LogP contribution in [0.1, 0.15) is 66.2 Å². The van der Waals surface area contributed by atoms with Crippen molar-refractivity contribution in [3.05, 3.63) is 46.6 Å². The van der Waals surface area contributed by atoms with Gasteiger partial charge in [0.2, 0.25) is 0 Å². The Balaban J connectivity index is 1.44. The molecule has 0 radical (unpaired) electrons. The molecule has 4 aliphatic carbocycles. The van der Waals surface area contributed by atoms with E-state index >= 15 is 0 Å². The van der Waals surface area contributed by atoms with E-state index in [1.165, 1.54) is 11.1 Å². The van der Waals surface area contributed by atoms with Crippen molar-refractivity contribution < 1.29 is 24.5 Å². The lowest BCUT2D eigenvalue weighted by Gasteiger charge is -2.56. The molecule has 0 aromatic heterocycles. The number of rotatable bonds is 3. The highest BCUT2D eigenvalue weighted by Gasteiger charge is 2.61. The quantitative estimate of drug-likeness (QED) is 0.495. The number of allylic oxidation sites excluding steroid dienone is 6. The van der Waals surface area contributed by atoms with Gasteiger partial charge in [0.05, 0.1) is 17.6 Å². The summed E-state index contributed by atoms with van der Waals surface area (Å²) in [5.41, 5.74) is 1.96. The minimum Gasteiger partial charge on any atom is -0.456 e. The van der Waals surface area contributed by atoms with Crippen LogP contribution in [0.3, 0.4) is 0 Å². The molecule has 5 aliphatic rings. The van der Waals surface area contributed by atoms with E-state index in [9.17, 15) is 19.8 Å². The van der Waals surface area contributed by atoms with Gasteiger partial charge >= 0.3 is 5.97 Å². The number of fused-ring (bicyclic) bond motifs is 5. The molecule has 0 spiro atoms. The Hall–Kier alpha value is -1.98. The third-order valence-electron chi connectivity index (χ3n) is 10.0. The minimum atomic E-state index is -1.19. The molecule has 1 fully saturated rings. The van der Waals surface area contributed by atoms with Crippen molar-refractivity contribution in [2.24, 2.45) is 28.6 Å². The normalized spacial score (nSPS) is 42.0. The predicted molar refractivity (Wildman–Crippen MR) is 125 cm³/mol. The van der Waals surface area contributed by atoms with Crippen molar-refractivity contribution in [1.82, 2.24) is 0 Å². The lowest BCUT2D eigenvalue weighted by atomic mass is 9.48. The smallest absolute Gasteiger partial charge is 0.336 e. The zero-order valence-electron chi connectivity index (χ0n) is 20.2. The summed E-state index contributed by atoms with van der Waals surface area (Å²) in [4.78, 5) is 25.5. The van der Waals surface area contributed by atoms with Crippen LogP contribution in [0.4, 0.5) is 0 Å². The van der Waals surface area contributed by atoms with Crippen LogP contribution in [0.2, 0.25) is 0 Å². The van der Waals surface area contributed by atoms with Crippen molar-refractivity contribution in [2.75, 3.05) is 6.61 Å². The van der Waals surface area contributed by atoms with Crippen LogP contribution in [-0.4, -0.2) is 40.3 Å². The second-order valence-corrected chi connectivity index (χ2v) is 11.5. The maximum atomic E-state index is 13.1. The predicted octanol–water partition coefficient (Wildman–Crippen LogP) is 4.21. The summed E-state index contributed by atoms with van der Waals surface area (Å²) in [5, 5.41) is 21.3. The van der Waals surface area contributed by atoms with Gasteiger partial charge in [-0.25, -0.2) is 4.79 Å². The highest BCUT2D eigenvalue weighted by molar-refractivity contribution is 5.98. The molecule has 5 heteroatoms. The van der Waals surface area contributed by atoms with Gasteiger partial charge < -0.3 is 14.9 Å². The molecule has 1 heterocycles. The van der Waals surface area contributed by atoms with E-state index in [0.717, 1.165) is 37.7 Å². The van der Waals surface area contributed by atoms with Crippen LogP contribution in [0.5, 0.6) is 0 Å². The number of carbonyl (C=O) groups is 2. The summed E-state index contributed by atoms with van der Waals surface area (Å²) in [5.74, 6) is 0.250. The first kappa shape index (κ1) is 22.8. The van der Waals surface area contributed by atoms with Gasteiger partial charge in [-0.15, -0.1) is 0 Å². The number of ketones is 1. The molecule has 0 aromatic carbocycles. The molecule has 5 rings (SSSR count). The third-order valence-corrected chi connectivity index (χ3v) is 10.0. The monoisotopic (exact) mass is 452 g/mol. The molecule has 1 saturated carbocycles. The second-order valence-electron chi connectivity index (χ2n) is 11.5. The minimum absolute atomic E-state index is 0.0673. The van der Waals surface area contributed by atoms with Gasteiger partial charge in [-0.1, -0.05) is 41.9 Å². The Morgan fingerprint density at radius 3 is 2.67 bits per heavy atom. The van der Waals surface area contributed by atoms with Crippen molar-refractivity contribution >= 4 is 11.8 Å². The first-order valence-corrected chi connectivity index (χ1v) is 12.4. The molecule has 0 unspecified atom stereocenters. The van der Waals surface area contributed by atoms with E-state index in [0.29, 0.717) is 23.8 Å². The van der Waals surface area contributed by atoms with E-state index in [-0.39, 0.29) is 23.7 Å². The van der Waals surface area contributed by atoms with E-state index < -0.39 is 23.1 Å².